The van der Waals surface area contributed by atoms with Crippen molar-refractivity contribution in [3.63, 3.8) is 0 Å². The molecule has 0 fully saturated rings. The summed E-state index contributed by atoms with van der Waals surface area (Å²) in [5.41, 5.74) is 0.102. The van der Waals surface area contributed by atoms with E-state index in [1.54, 1.807) is 6.92 Å². The summed E-state index contributed by atoms with van der Waals surface area (Å²) in [6.45, 7) is 2.41. The van der Waals surface area contributed by atoms with Gasteiger partial charge in [-0.25, -0.2) is 4.79 Å². The van der Waals surface area contributed by atoms with Gasteiger partial charge in [0.15, 0.2) is 0 Å². The predicted molar refractivity (Wildman–Crippen MR) is 74.8 cm³/mol. The minimum absolute atomic E-state index is 0.0123. The van der Waals surface area contributed by atoms with E-state index in [-0.39, 0.29) is 30.0 Å². The molecule has 1 amide bonds. The first kappa shape index (κ1) is 16.9. The number of aliphatic hydroxyl groups excluding tert-OH is 1. The molecule has 21 heavy (non-hydrogen) atoms. The molecule has 1 rings (SSSR count). The van der Waals surface area contributed by atoms with Crippen molar-refractivity contribution in [1.82, 2.24) is 5.32 Å². The number of amides is 1. The lowest BCUT2D eigenvalue weighted by atomic mass is 10.1. The van der Waals surface area contributed by atoms with E-state index in [4.69, 9.17) is 14.6 Å². The Morgan fingerprint density at radius 1 is 1.29 bits per heavy atom. The van der Waals surface area contributed by atoms with Crippen LogP contribution in [-0.2, 0) is 4.74 Å². The molecule has 0 spiro atoms. The molecule has 1 aromatic carbocycles. The highest BCUT2D eigenvalue weighted by atomic mass is 16.5. The second kappa shape index (κ2) is 8.23. The third-order valence-corrected chi connectivity index (χ3v) is 2.66. The van der Waals surface area contributed by atoms with Gasteiger partial charge in [0.1, 0.15) is 5.75 Å². The van der Waals surface area contributed by atoms with Crippen LogP contribution in [0, 0.1) is 0 Å². The molecule has 1 aromatic rings. The molecule has 3 N–H and O–H groups in total. The molecule has 1 atom stereocenters. The van der Waals surface area contributed by atoms with E-state index in [2.05, 4.69) is 5.32 Å². The number of rotatable bonds is 8. The average Bonchev–Trinajstić information content (AvgIpc) is 2.49. The zero-order valence-corrected chi connectivity index (χ0v) is 12.0. The molecule has 0 aromatic heterocycles. The molecule has 116 valence electrons. The summed E-state index contributed by atoms with van der Waals surface area (Å²) >= 11 is 0. The van der Waals surface area contributed by atoms with E-state index in [0.717, 1.165) is 0 Å². The first-order chi connectivity index (χ1) is 9.97. The van der Waals surface area contributed by atoms with Crippen molar-refractivity contribution < 1.29 is 29.3 Å². The van der Waals surface area contributed by atoms with Crippen LogP contribution in [0.5, 0.6) is 5.75 Å². The minimum Gasteiger partial charge on any atom is -0.497 e. The smallest absolute Gasteiger partial charge is 0.335 e. The van der Waals surface area contributed by atoms with Crippen LogP contribution in [0.15, 0.2) is 18.2 Å². The topological polar surface area (TPSA) is 105 Å². The van der Waals surface area contributed by atoms with Crippen LogP contribution >= 0.6 is 0 Å². The first-order valence-electron chi connectivity index (χ1n) is 6.44. The van der Waals surface area contributed by atoms with Crippen molar-refractivity contribution >= 4 is 11.9 Å². The molecule has 0 heterocycles. The van der Waals surface area contributed by atoms with Gasteiger partial charge < -0.3 is 25.0 Å². The van der Waals surface area contributed by atoms with E-state index in [1.165, 1.54) is 25.3 Å². The lowest BCUT2D eigenvalue weighted by Crippen LogP contribution is -2.34. The molecular formula is C14H19NO6. The number of methoxy groups -OCH3 is 1. The highest BCUT2D eigenvalue weighted by Gasteiger charge is 2.14. The Labute approximate surface area is 122 Å². The maximum Gasteiger partial charge on any atom is 0.335 e. The number of carbonyl (C=O) groups is 2. The summed E-state index contributed by atoms with van der Waals surface area (Å²) in [6.07, 6.45) is -0.821. The highest BCUT2D eigenvalue weighted by molar-refractivity contribution is 5.98. The highest BCUT2D eigenvalue weighted by Crippen LogP contribution is 2.17. The van der Waals surface area contributed by atoms with Gasteiger partial charge in [-0.15, -0.1) is 0 Å². The molecule has 0 saturated heterocycles. The van der Waals surface area contributed by atoms with Gasteiger partial charge in [-0.3, -0.25) is 4.79 Å². The van der Waals surface area contributed by atoms with Crippen molar-refractivity contribution in [3.8, 4) is 5.75 Å². The lowest BCUT2D eigenvalue weighted by Gasteiger charge is -2.12. The Morgan fingerprint density at radius 3 is 2.52 bits per heavy atom. The van der Waals surface area contributed by atoms with Crippen LogP contribution in [0.2, 0.25) is 0 Å². The Morgan fingerprint density at radius 2 is 1.95 bits per heavy atom. The monoisotopic (exact) mass is 297 g/mol. The largest absolute Gasteiger partial charge is 0.497 e. The van der Waals surface area contributed by atoms with Gasteiger partial charge in [0.05, 0.1) is 25.4 Å². The van der Waals surface area contributed by atoms with Gasteiger partial charge in [0.25, 0.3) is 5.91 Å². The molecular weight excluding hydrogens is 278 g/mol. The Kier molecular flexibility index (Phi) is 6.64. The standard InChI is InChI=1S/C14H19NO6/c1-3-21-8-11(16)7-15-13(17)9-4-10(14(18)19)6-12(5-9)20-2/h4-6,11,16H,3,7-8H2,1-2H3,(H,15,17)(H,18,19)/t11-/m0/s1. The average molecular weight is 297 g/mol. The molecule has 0 unspecified atom stereocenters. The number of aliphatic hydroxyl groups is 1. The number of carbonyl (C=O) groups excluding carboxylic acids is 1. The van der Waals surface area contributed by atoms with E-state index < -0.39 is 18.0 Å². The Hall–Kier alpha value is -2.12. The number of hydrogen-bond donors (Lipinski definition) is 3. The SMILES string of the molecule is CCOC[C@@H](O)CNC(=O)c1cc(OC)cc(C(=O)O)c1. The van der Waals surface area contributed by atoms with Gasteiger partial charge in [0.2, 0.25) is 0 Å². The Balaban J connectivity index is 2.73. The molecule has 7 heteroatoms. The van der Waals surface area contributed by atoms with Crippen LogP contribution in [0.4, 0.5) is 0 Å². The van der Waals surface area contributed by atoms with Gasteiger partial charge >= 0.3 is 5.97 Å². The summed E-state index contributed by atoms with van der Waals surface area (Å²) in [6, 6.07) is 3.99. The number of aromatic carboxylic acids is 1. The molecule has 0 aliphatic carbocycles. The van der Waals surface area contributed by atoms with Gasteiger partial charge in [-0.05, 0) is 25.1 Å². The van der Waals surface area contributed by atoms with Gasteiger partial charge in [-0.2, -0.15) is 0 Å². The van der Waals surface area contributed by atoms with Crippen molar-refractivity contribution in [2.75, 3.05) is 26.9 Å². The molecule has 0 aliphatic heterocycles. The van der Waals surface area contributed by atoms with E-state index in [1.807, 2.05) is 0 Å². The molecule has 0 radical (unpaired) electrons. The summed E-state index contributed by atoms with van der Waals surface area (Å²) in [5, 5.41) is 21.1. The van der Waals surface area contributed by atoms with Crippen molar-refractivity contribution in [2.45, 2.75) is 13.0 Å². The van der Waals surface area contributed by atoms with Crippen molar-refractivity contribution in [3.05, 3.63) is 29.3 Å². The van der Waals surface area contributed by atoms with E-state index >= 15 is 0 Å². The fourth-order valence-corrected chi connectivity index (χ4v) is 1.60. The maximum atomic E-state index is 12.0. The minimum atomic E-state index is -1.15. The molecule has 0 bridgehead atoms. The number of carboxylic acids is 1. The molecule has 0 aliphatic rings. The normalized spacial score (nSPS) is 11.8. The van der Waals surface area contributed by atoms with Crippen LogP contribution in [0.3, 0.4) is 0 Å². The first-order valence-corrected chi connectivity index (χ1v) is 6.44. The van der Waals surface area contributed by atoms with Crippen molar-refractivity contribution in [2.24, 2.45) is 0 Å². The number of carboxylic acid groups (broad SMARTS) is 1. The number of benzene rings is 1. The number of ether oxygens (including phenoxy) is 2. The number of nitrogens with one attached hydrogen (secondary N) is 1. The van der Waals surface area contributed by atoms with Crippen LogP contribution in [0.25, 0.3) is 0 Å². The fraction of sp³-hybridized carbons (Fsp3) is 0.429. The quantitative estimate of drug-likeness (QED) is 0.646. The summed E-state index contributed by atoms with van der Waals surface area (Å²) in [5.74, 6) is -1.37. The molecule has 0 saturated carbocycles. The predicted octanol–water partition coefficient (Wildman–Crippen LogP) is 0.521. The zero-order valence-electron chi connectivity index (χ0n) is 12.0. The summed E-state index contributed by atoms with van der Waals surface area (Å²) < 4.78 is 9.98. The molecule has 7 nitrogen and oxygen atoms in total. The Bertz CT molecular complexity index is 502. The van der Waals surface area contributed by atoms with E-state index in [0.29, 0.717) is 6.61 Å². The second-order valence-electron chi connectivity index (χ2n) is 4.28. The third-order valence-electron chi connectivity index (χ3n) is 2.66. The van der Waals surface area contributed by atoms with Gasteiger partial charge in [-0.1, -0.05) is 0 Å². The third kappa shape index (κ3) is 5.41. The summed E-state index contributed by atoms with van der Waals surface area (Å²) in [4.78, 5) is 22.9. The fourth-order valence-electron chi connectivity index (χ4n) is 1.60. The van der Waals surface area contributed by atoms with Crippen LogP contribution in [-0.4, -0.2) is 55.1 Å². The second-order valence-corrected chi connectivity index (χ2v) is 4.28. The van der Waals surface area contributed by atoms with Crippen LogP contribution < -0.4 is 10.1 Å². The van der Waals surface area contributed by atoms with Crippen LogP contribution in [0.1, 0.15) is 27.6 Å². The maximum absolute atomic E-state index is 12.0. The zero-order chi connectivity index (χ0) is 15.8. The van der Waals surface area contributed by atoms with Crippen molar-refractivity contribution in [1.29, 1.82) is 0 Å². The lowest BCUT2D eigenvalue weighted by molar-refractivity contribution is 0.0418. The van der Waals surface area contributed by atoms with E-state index in [9.17, 15) is 14.7 Å². The number of hydrogen-bond acceptors (Lipinski definition) is 5. The summed E-state index contributed by atoms with van der Waals surface area (Å²) in [7, 11) is 1.38. The van der Waals surface area contributed by atoms with Gasteiger partial charge in [0, 0.05) is 18.7 Å².